The molecular formula is C16H27FN4. The van der Waals surface area contributed by atoms with Gasteiger partial charge in [-0.1, -0.05) is 33.1 Å². The number of halogens is 1. The number of nitrogens with one attached hydrogen (secondary N) is 2. The number of hydrogen-bond donors (Lipinski definition) is 2. The van der Waals surface area contributed by atoms with Crippen molar-refractivity contribution in [1.82, 2.24) is 9.97 Å². The molecule has 1 aliphatic carbocycles. The molecule has 0 atom stereocenters. The molecule has 1 fully saturated rings. The van der Waals surface area contributed by atoms with Gasteiger partial charge in [0.2, 0.25) is 5.95 Å². The van der Waals surface area contributed by atoms with Gasteiger partial charge >= 0.3 is 0 Å². The van der Waals surface area contributed by atoms with Gasteiger partial charge in [-0.05, 0) is 31.1 Å². The zero-order valence-corrected chi connectivity index (χ0v) is 13.2. The Morgan fingerprint density at radius 2 is 1.86 bits per heavy atom. The van der Waals surface area contributed by atoms with Crippen molar-refractivity contribution in [2.75, 3.05) is 23.7 Å². The van der Waals surface area contributed by atoms with E-state index in [2.05, 4.69) is 34.4 Å². The second-order valence-electron chi connectivity index (χ2n) is 5.99. The third kappa shape index (κ3) is 4.83. The fourth-order valence-electron chi connectivity index (χ4n) is 2.90. The van der Waals surface area contributed by atoms with E-state index in [4.69, 9.17) is 0 Å². The summed E-state index contributed by atoms with van der Waals surface area (Å²) in [6, 6.07) is 0. The van der Waals surface area contributed by atoms with Crippen molar-refractivity contribution < 1.29 is 4.39 Å². The minimum Gasteiger partial charge on any atom is -0.367 e. The number of rotatable bonds is 7. The van der Waals surface area contributed by atoms with Crippen LogP contribution in [-0.4, -0.2) is 23.1 Å². The number of hydrogen-bond acceptors (Lipinski definition) is 4. The minimum atomic E-state index is -0.376. The maximum Gasteiger partial charge on any atom is 0.224 e. The van der Waals surface area contributed by atoms with Crippen molar-refractivity contribution in [2.45, 2.75) is 52.4 Å². The molecule has 0 unspecified atom stereocenters. The van der Waals surface area contributed by atoms with E-state index < -0.39 is 0 Å². The van der Waals surface area contributed by atoms with Crippen LogP contribution in [0.4, 0.5) is 16.2 Å². The van der Waals surface area contributed by atoms with Gasteiger partial charge in [0.1, 0.15) is 0 Å². The summed E-state index contributed by atoms with van der Waals surface area (Å²) in [6.45, 7) is 5.94. The number of anilines is 2. The molecule has 1 aromatic rings. The van der Waals surface area contributed by atoms with Crippen LogP contribution in [0.15, 0.2) is 6.20 Å². The predicted octanol–water partition coefficient (Wildman–Crippen LogP) is 4.07. The molecule has 0 saturated heterocycles. The van der Waals surface area contributed by atoms with Gasteiger partial charge in [-0.25, -0.2) is 9.37 Å². The molecular weight excluding hydrogens is 267 g/mol. The van der Waals surface area contributed by atoms with E-state index in [1.54, 1.807) is 0 Å². The monoisotopic (exact) mass is 294 g/mol. The first kappa shape index (κ1) is 16.0. The highest BCUT2D eigenvalue weighted by molar-refractivity contribution is 5.41. The maximum atomic E-state index is 13.7. The van der Waals surface area contributed by atoms with E-state index in [0.29, 0.717) is 17.7 Å². The van der Waals surface area contributed by atoms with Gasteiger partial charge in [-0.15, -0.1) is 0 Å². The van der Waals surface area contributed by atoms with Gasteiger partial charge in [0.15, 0.2) is 11.6 Å². The SMILES string of the molecule is CCCNc1ncc(F)c(NCC2CCC(CC)CC2)n1. The summed E-state index contributed by atoms with van der Waals surface area (Å²) in [5.41, 5.74) is 0. The van der Waals surface area contributed by atoms with Crippen molar-refractivity contribution in [1.29, 1.82) is 0 Å². The average Bonchev–Trinajstić information content (AvgIpc) is 2.53. The van der Waals surface area contributed by atoms with E-state index in [1.807, 2.05) is 0 Å². The van der Waals surface area contributed by atoms with Crippen LogP contribution in [0.3, 0.4) is 0 Å². The molecule has 0 aliphatic heterocycles. The molecule has 0 spiro atoms. The highest BCUT2D eigenvalue weighted by Gasteiger charge is 2.20. The lowest BCUT2D eigenvalue weighted by Gasteiger charge is -2.28. The topological polar surface area (TPSA) is 49.8 Å². The van der Waals surface area contributed by atoms with Crippen LogP contribution in [-0.2, 0) is 0 Å². The van der Waals surface area contributed by atoms with Crippen LogP contribution in [0.2, 0.25) is 0 Å². The van der Waals surface area contributed by atoms with E-state index in [1.165, 1.54) is 38.3 Å². The third-order valence-electron chi connectivity index (χ3n) is 4.38. The Morgan fingerprint density at radius 1 is 1.14 bits per heavy atom. The molecule has 0 bridgehead atoms. The van der Waals surface area contributed by atoms with E-state index >= 15 is 0 Å². The van der Waals surface area contributed by atoms with Crippen LogP contribution >= 0.6 is 0 Å². The van der Waals surface area contributed by atoms with Crippen LogP contribution in [0, 0.1) is 17.7 Å². The van der Waals surface area contributed by atoms with Crippen LogP contribution in [0.25, 0.3) is 0 Å². The van der Waals surface area contributed by atoms with E-state index in [0.717, 1.165) is 25.4 Å². The number of aromatic nitrogens is 2. The largest absolute Gasteiger partial charge is 0.367 e. The summed E-state index contributed by atoms with van der Waals surface area (Å²) >= 11 is 0. The summed E-state index contributed by atoms with van der Waals surface area (Å²) in [5, 5.41) is 6.25. The second kappa shape index (κ2) is 8.15. The summed E-state index contributed by atoms with van der Waals surface area (Å²) < 4.78 is 13.7. The molecule has 5 heteroatoms. The fraction of sp³-hybridized carbons (Fsp3) is 0.750. The Balaban J connectivity index is 1.84. The smallest absolute Gasteiger partial charge is 0.224 e. The summed E-state index contributed by atoms with van der Waals surface area (Å²) in [5.74, 6) is 1.96. The van der Waals surface area contributed by atoms with Crippen LogP contribution in [0.5, 0.6) is 0 Å². The molecule has 0 radical (unpaired) electrons. The average molecular weight is 294 g/mol. The zero-order chi connectivity index (χ0) is 15.1. The minimum absolute atomic E-state index is 0.321. The highest BCUT2D eigenvalue weighted by atomic mass is 19.1. The van der Waals surface area contributed by atoms with Crippen LogP contribution < -0.4 is 10.6 Å². The van der Waals surface area contributed by atoms with Gasteiger partial charge in [0, 0.05) is 13.1 Å². The molecule has 2 N–H and O–H groups in total. The second-order valence-corrected chi connectivity index (χ2v) is 5.99. The summed E-state index contributed by atoms with van der Waals surface area (Å²) in [7, 11) is 0. The first-order valence-electron chi connectivity index (χ1n) is 8.23. The lowest BCUT2D eigenvalue weighted by Crippen LogP contribution is -2.22. The Labute approximate surface area is 127 Å². The van der Waals surface area contributed by atoms with E-state index in [-0.39, 0.29) is 5.82 Å². The quantitative estimate of drug-likeness (QED) is 0.796. The molecule has 4 nitrogen and oxygen atoms in total. The molecule has 1 aliphatic rings. The Morgan fingerprint density at radius 3 is 2.52 bits per heavy atom. The molecule has 0 amide bonds. The van der Waals surface area contributed by atoms with Crippen molar-refractivity contribution >= 4 is 11.8 Å². The Bertz CT molecular complexity index is 430. The fourth-order valence-corrected chi connectivity index (χ4v) is 2.90. The van der Waals surface area contributed by atoms with Crippen molar-refractivity contribution in [3.8, 4) is 0 Å². The standard InChI is InChI=1S/C16H27FN4/c1-3-9-18-16-20-11-14(17)15(21-16)19-10-13-7-5-12(4-2)6-8-13/h11-13H,3-10H2,1-2H3,(H2,18,19,20,21). The normalized spacial score (nSPS) is 22.0. The summed E-state index contributed by atoms with van der Waals surface area (Å²) in [4.78, 5) is 8.17. The van der Waals surface area contributed by atoms with Gasteiger partial charge in [0.05, 0.1) is 6.20 Å². The maximum absolute atomic E-state index is 13.7. The van der Waals surface area contributed by atoms with Gasteiger partial charge in [-0.2, -0.15) is 4.98 Å². The lowest BCUT2D eigenvalue weighted by molar-refractivity contribution is 0.278. The zero-order valence-electron chi connectivity index (χ0n) is 13.2. The first-order chi connectivity index (χ1) is 10.2. The molecule has 2 rings (SSSR count). The van der Waals surface area contributed by atoms with Crippen molar-refractivity contribution in [3.05, 3.63) is 12.0 Å². The van der Waals surface area contributed by atoms with E-state index in [9.17, 15) is 4.39 Å². The Hall–Kier alpha value is -1.39. The number of nitrogens with zero attached hydrogens (tertiary/aromatic N) is 2. The van der Waals surface area contributed by atoms with Gasteiger partial charge in [0.25, 0.3) is 0 Å². The van der Waals surface area contributed by atoms with Crippen LogP contribution in [0.1, 0.15) is 52.4 Å². The van der Waals surface area contributed by atoms with Crippen molar-refractivity contribution in [2.24, 2.45) is 11.8 Å². The third-order valence-corrected chi connectivity index (χ3v) is 4.38. The van der Waals surface area contributed by atoms with Crippen molar-refractivity contribution in [3.63, 3.8) is 0 Å². The lowest BCUT2D eigenvalue weighted by atomic mass is 9.81. The van der Waals surface area contributed by atoms with Gasteiger partial charge in [-0.3, -0.25) is 0 Å². The molecule has 21 heavy (non-hydrogen) atoms. The molecule has 1 saturated carbocycles. The van der Waals surface area contributed by atoms with Gasteiger partial charge < -0.3 is 10.6 Å². The molecule has 0 aromatic carbocycles. The summed E-state index contributed by atoms with van der Waals surface area (Å²) in [6.07, 6.45) is 8.59. The molecule has 118 valence electrons. The molecule has 1 heterocycles. The Kier molecular flexibility index (Phi) is 6.21. The molecule has 1 aromatic heterocycles. The first-order valence-corrected chi connectivity index (χ1v) is 8.23. The highest BCUT2D eigenvalue weighted by Crippen LogP contribution is 2.30. The predicted molar refractivity (Wildman–Crippen MR) is 85.0 cm³/mol.